The van der Waals surface area contributed by atoms with Gasteiger partial charge in [-0.05, 0) is 37.3 Å². The fourth-order valence-electron chi connectivity index (χ4n) is 3.01. The first-order chi connectivity index (χ1) is 10.5. The summed E-state index contributed by atoms with van der Waals surface area (Å²) in [5, 5.41) is 6.52. The average Bonchev–Trinajstić information content (AvgIpc) is 3.02. The molecule has 1 aromatic carbocycles. The maximum absolute atomic E-state index is 13.0. The molecular weight excluding hydrogens is 300 g/mol. The Hall–Kier alpha value is -1.69. The molecule has 0 N–H and O–H groups in total. The molecule has 1 aliphatic rings. The third-order valence-electron chi connectivity index (χ3n) is 4.34. The third-order valence-corrected chi connectivity index (χ3v) is 6.81. The molecule has 3 rings (SSSR count). The van der Waals surface area contributed by atoms with E-state index in [1.807, 2.05) is 31.2 Å². The highest BCUT2D eigenvalue weighted by Gasteiger charge is 2.38. The Bertz CT molecular complexity index is 767. The lowest BCUT2D eigenvalue weighted by Crippen LogP contribution is -2.23. The van der Waals surface area contributed by atoms with Crippen molar-refractivity contribution >= 4 is 9.84 Å². The number of rotatable bonds is 4. The molecule has 0 amide bonds. The summed E-state index contributed by atoms with van der Waals surface area (Å²) < 4.78 is 31.5. The fourth-order valence-corrected chi connectivity index (χ4v) is 4.96. The molecule has 0 unspecified atom stereocenters. The lowest BCUT2D eigenvalue weighted by molar-refractivity contribution is 0.446. The summed E-state index contributed by atoms with van der Waals surface area (Å²) in [6.45, 7) is 3.54. The van der Waals surface area contributed by atoms with Crippen molar-refractivity contribution in [1.82, 2.24) is 10.2 Å². The van der Waals surface area contributed by atoms with Crippen LogP contribution in [0.25, 0.3) is 0 Å². The molecule has 0 spiro atoms. The summed E-state index contributed by atoms with van der Waals surface area (Å²) in [5.74, 6) is 0.668. The van der Waals surface area contributed by atoms with Gasteiger partial charge in [0, 0.05) is 6.42 Å². The predicted octanol–water partition coefficient (Wildman–Crippen LogP) is 3.19. The zero-order valence-corrected chi connectivity index (χ0v) is 13.6. The van der Waals surface area contributed by atoms with Gasteiger partial charge in [-0.1, -0.05) is 31.2 Å². The summed E-state index contributed by atoms with van der Waals surface area (Å²) in [6.07, 6.45) is 3.08. The van der Waals surface area contributed by atoms with Crippen molar-refractivity contribution in [1.29, 1.82) is 0 Å². The molecule has 0 saturated carbocycles. The number of benzene rings is 1. The van der Waals surface area contributed by atoms with Crippen LogP contribution < -0.4 is 0 Å². The standard InChI is InChI=1S/C16H20N2O3S/c1-3-15-17-18-16(21-15)11(2)22(19,20)14-10-6-8-12-7-4-5-9-13(12)14/h4-5,7,9,11,14H,3,6,8,10H2,1-2H3/t11-,14-/m1/s1. The molecule has 1 aliphatic carbocycles. The van der Waals surface area contributed by atoms with Crippen LogP contribution in [-0.2, 0) is 22.7 Å². The molecule has 2 atom stereocenters. The summed E-state index contributed by atoms with van der Waals surface area (Å²) in [5.41, 5.74) is 2.06. The van der Waals surface area contributed by atoms with Crippen LogP contribution in [0.2, 0.25) is 0 Å². The average molecular weight is 320 g/mol. The maximum atomic E-state index is 13.0. The van der Waals surface area contributed by atoms with E-state index in [-0.39, 0.29) is 5.89 Å². The minimum atomic E-state index is -3.42. The second kappa shape index (κ2) is 5.83. The van der Waals surface area contributed by atoms with E-state index in [1.54, 1.807) is 6.92 Å². The van der Waals surface area contributed by atoms with Crippen LogP contribution in [0.3, 0.4) is 0 Å². The van der Waals surface area contributed by atoms with E-state index >= 15 is 0 Å². The molecule has 0 radical (unpaired) electrons. The number of fused-ring (bicyclic) bond motifs is 1. The lowest BCUT2D eigenvalue weighted by Gasteiger charge is -2.27. The molecular formula is C16H20N2O3S. The van der Waals surface area contributed by atoms with Crippen molar-refractivity contribution in [2.75, 3.05) is 0 Å². The van der Waals surface area contributed by atoms with Crippen LogP contribution in [-0.4, -0.2) is 18.6 Å². The maximum Gasteiger partial charge on any atom is 0.234 e. The van der Waals surface area contributed by atoms with Gasteiger partial charge < -0.3 is 4.42 Å². The first-order valence-corrected chi connectivity index (χ1v) is 9.27. The van der Waals surface area contributed by atoms with Gasteiger partial charge in [-0.15, -0.1) is 10.2 Å². The summed E-state index contributed by atoms with van der Waals surface area (Å²) >= 11 is 0. The minimum Gasteiger partial charge on any atom is -0.424 e. The minimum absolute atomic E-state index is 0.194. The van der Waals surface area contributed by atoms with Crippen molar-refractivity contribution in [3.8, 4) is 0 Å². The molecule has 0 aliphatic heterocycles. The first kappa shape index (κ1) is 15.2. The van der Waals surface area contributed by atoms with Gasteiger partial charge in [0.2, 0.25) is 11.8 Å². The molecule has 0 fully saturated rings. The zero-order valence-electron chi connectivity index (χ0n) is 12.8. The summed E-state index contributed by atoms with van der Waals surface area (Å²) in [7, 11) is -3.42. The molecule has 1 aromatic heterocycles. The Morgan fingerprint density at radius 2 is 2.09 bits per heavy atom. The number of nitrogens with zero attached hydrogens (tertiary/aromatic N) is 2. The quantitative estimate of drug-likeness (QED) is 0.865. The van der Waals surface area contributed by atoms with Gasteiger partial charge in [0.05, 0.1) is 5.25 Å². The van der Waals surface area contributed by atoms with E-state index in [4.69, 9.17) is 4.42 Å². The number of aryl methyl sites for hydroxylation is 2. The summed E-state index contributed by atoms with van der Waals surface area (Å²) in [4.78, 5) is 0. The highest BCUT2D eigenvalue weighted by molar-refractivity contribution is 7.91. The van der Waals surface area contributed by atoms with Crippen molar-refractivity contribution in [3.63, 3.8) is 0 Å². The number of hydrogen-bond acceptors (Lipinski definition) is 5. The second-order valence-electron chi connectivity index (χ2n) is 5.70. The third kappa shape index (κ3) is 2.56. The largest absolute Gasteiger partial charge is 0.424 e. The predicted molar refractivity (Wildman–Crippen MR) is 83.1 cm³/mol. The molecule has 22 heavy (non-hydrogen) atoms. The molecule has 0 bridgehead atoms. The van der Waals surface area contributed by atoms with Crippen LogP contribution in [0.4, 0.5) is 0 Å². The van der Waals surface area contributed by atoms with Gasteiger partial charge in [-0.3, -0.25) is 0 Å². The Morgan fingerprint density at radius 3 is 2.82 bits per heavy atom. The zero-order chi connectivity index (χ0) is 15.7. The van der Waals surface area contributed by atoms with Crippen molar-refractivity contribution in [2.45, 2.75) is 50.0 Å². The second-order valence-corrected chi connectivity index (χ2v) is 8.15. The Balaban J connectivity index is 1.96. The number of hydrogen-bond donors (Lipinski definition) is 0. The van der Waals surface area contributed by atoms with Crippen molar-refractivity contribution in [3.05, 3.63) is 47.2 Å². The Labute approximate surface area is 130 Å². The smallest absolute Gasteiger partial charge is 0.234 e. The molecule has 0 saturated heterocycles. The normalized spacial score (nSPS) is 19.6. The van der Waals surface area contributed by atoms with Gasteiger partial charge >= 0.3 is 0 Å². The van der Waals surface area contributed by atoms with Gasteiger partial charge in [0.15, 0.2) is 9.84 Å². The highest BCUT2D eigenvalue weighted by atomic mass is 32.2. The molecule has 5 nitrogen and oxygen atoms in total. The molecule has 2 aromatic rings. The van der Waals surface area contributed by atoms with E-state index in [0.717, 1.165) is 24.0 Å². The highest BCUT2D eigenvalue weighted by Crippen LogP contribution is 2.41. The van der Waals surface area contributed by atoms with Gasteiger partial charge in [-0.25, -0.2) is 8.42 Å². The lowest BCUT2D eigenvalue weighted by atomic mass is 9.91. The number of sulfone groups is 1. The molecule has 118 valence electrons. The first-order valence-electron chi connectivity index (χ1n) is 7.66. The van der Waals surface area contributed by atoms with Crippen LogP contribution >= 0.6 is 0 Å². The van der Waals surface area contributed by atoms with Crippen LogP contribution in [0.5, 0.6) is 0 Å². The van der Waals surface area contributed by atoms with Gasteiger partial charge in [0.1, 0.15) is 5.25 Å². The van der Waals surface area contributed by atoms with Gasteiger partial charge in [-0.2, -0.15) is 0 Å². The SMILES string of the molecule is CCc1nnc([C@@H](C)S(=O)(=O)[C@@H]2CCCc3ccccc32)o1. The van der Waals surface area contributed by atoms with E-state index in [2.05, 4.69) is 10.2 Å². The monoisotopic (exact) mass is 320 g/mol. The van der Waals surface area contributed by atoms with E-state index in [1.165, 1.54) is 0 Å². The Kier molecular flexibility index (Phi) is 4.04. The van der Waals surface area contributed by atoms with E-state index in [9.17, 15) is 8.42 Å². The topological polar surface area (TPSA) is 73.1 Å². The van der Waals surface area contributed by atoms with Gasteiger partial charge in [0.25, 0.3) is 0 Å². The van der Waals surface area contributed by atoms with E-state index in [0.29, 0.717) is 18.7 Å². The van der Waals surface area contributed by atoms with Crippen molar-refractivity contribution in [2.24, 2.45) is 0 Å². The molecule has 1 heterocycles. The Morgan fingerprint density at radius 1 is 1.32 bits per heavy atom. The molecule has 6 heteroatoms. The van der Waals surface area contributed by atoms with Crippen LogP contribution in [0.1, 0.15) is 60.1 Å². The summed E-state index contributed by atoms with van der Waals surface area (Å²) in [6, 6.07) is 7.81. The van der Waals surface area contributed by atoms with E-state index < -0.39 is 20.3 Å². The van der Waals surface area contributed by atoms with Crippen LogP contribution in [0.15, 0.2) is 28.7 Å². The fraction of sp³-hybridized carbons (Fsp3) is 0.500. The van der Waals surface area contributed by atoms with Crippen LogP contribution in [0, 0.1) is 0 Å². The van der Waals surface area contributed by atoms with Crippen molar-refractivity contribution < 1.29 is 12.8 Å². The number of aromatic nitrogens is 2.